The maximum atomic E-state index is 12.5. The third-order valence-corrected chi connectivity index (χ3v) is 4.62. The van der Waals surface area contributed by atoms with E-state index in [1.165, 1.54) is 4.90 Å². The molecule has 1 heterocycles. The van der Waals surface area contributed by atoms with Crippen molar-refractivity contribution in [2.75, 3.05) is 25.6 Å². The number of aliphatic carboxylic acids is 1. The normalized spacial score (nSPS) is 15.6. The van der Waals surface area contributed by atoms with Gasteiger partial charge in [0.05, 0.1) is 7.11 Å². The van der Waals surface area contributed by atoms with E-state index < -0.39 is 12.0 Å². The Morgan fingerprint density at radius 1 is 1.14 bits per heavy atom. The molecule has 1 atom stereocenters. The Bertz CT molecular complexity index is 896. The predicted octanol–water partition coefficient (Wildman–Crippen LogP) is 2.40. The number of ether oxygens (including phenoxy) is 2. The third kappa shape index (κ3) is 5.04. The van der Waals surface area contributed by atoms with Crippen molar-refractivity contribution in [2.24, 2.45) is 0 Å². The molecule has 152 valence electrons. The van der Waals surface area contributed by atoms with Gasteiger partial charge in [-0.15, -0.1) is 0 Å². The monoisotopic (exact) mass is 398 g/mol. The molecule has 1 aliphatic heterocycles. The molecular formula is C21H22N2O6. The van der Waals surface area contributed by atoms with Gasteiger partial charge in [0.15, 0.2) is 6.61 Å². The van der Waals surface area contributed by atoms with Gasteiger partial charge in [-0.2, -0.15) is 0 Å². The molecule has 29 heavy (non-hydrogen) atoms. The fourth-order valence-electron chi connectivity index (χ4n) is 3.17. The van der Waals surface area contributed by atoms with Crippen LogP contribution in [0, 0.1) is 0 Å². The Morgan fingerprint density at radius 3 is 2.59 bits per heavy atom. The van der Waals surface area contributed by atoms with Crippen molar-refractivity contribution in [1.29, 1.82) is 0 Å². The first-order valence-corrected chi connectivity index (χ1v) is 9.18. The molecule has 0 spiro atoms. The molecule has 2 aromatic rings. The van der Waals surface area contributed by atoms with Crippen LogP contribution in [0.25, 0.3) is 0 Å². The highest BCUT2D eigenvalue weighted by Gasteiger charge is 2.34. The number of hydrogen-bond donors (Lipinski definition) is 2. The molecule has 0 unspecified atom stereocenters. The van der Waals surface area contributed by atoms with Crippen molar-refractivity contribution in [3.63, 3.8) is 0 Å². The maximum Gasteiger partial charge on any atom is 0.326 e. The summed E-state index contributed by atoms with van der Waals surface area (Å²) in [6.45, 7) is 0.232. The number of nitrogens with zero attached hydrogens (tertiary/aromatic N) is 1. The molecule has 1 aliphatic rings. The lowest BCUT2D eigenvalue weighted by Crippen LogP contribution is -2.40. The molecular weight excluding hydrogens is 376 g/mol. The standard InChI is InChI=1S/C21H22N2O6/c1-28-17-5-2-4-15(12-17)22-19(24)13-29-16-9-7-14(8-10-16)20(25)23-11-3-6-18(23)21(26)27/h2,4-5,7-10,12,18H,3,6,11,13H2,1H3,(H,22,24)(H,26,27)/t18-/m0/s1. The highest BCUT2D eigenvalue weighted by molar-refractivity contribution is 5.97. The second kappa shape index (κ2) is 9.09. The Morgan fingerprint density at radius 2 is 1.90 bits per heavy atom. The van der Waals surface area contributed by atoms with Gasteiger partial charge in [-0.05, 0) is 49.2 Å². The van der Waals surface area contributed by atoms with Crippen LogP contribution in [0.3, 0.4) is 0 Å². The van der Waals surface area contributed by atoms with Crippen LogP contribution in [0.2, 0.25) is 0 Å². The lowest BCUT2D eigenvalue weighted by molar-refractivity contribution is -0.141. The fourth-order valence-corrected chi connectivity index (χ4v) is 3.17. The minimum atomic E-state index is -0.988. The van der Waals surface area contributed by atoms with Crippen LogP contribution in [0.15, 0.2) is 48.5 Å². The number of likely N-dealkylation sites (tertiary alicyclic amines) is 1. The summed E-state index contributed by atoms with van der Waals surface area (Å²) in [7, 11) is 1.55. The minimum absolute atomic E-state index is 0.197. The molecule has 8 nitrogen and oxygen atoms in total. The summed E-state index contributed by atoms with van der Waals surface area (Å²) >= 11 is 0. The summed E-state index contributed by atoms with van der Waals surface area (Å²) in [6.07, 6.45) is 1.14. The van der Waals surface area contributed by atoms with E-state index in [1.807, 2.05) is 0 Å². The molecule has 8 heteroatoms. The number of carbonyl (C=O) groups excluding carboxylic acids is 2. The summed E-state index contributed by atoms with van der Waals surface area (Å²) in [5, 5.41) is 11.9. The van der Waals surface area contributed by atoms with Crippen molar-refractivity contribution < 1.29 is 29.0 Å². The largest absolute Gasteiger partial charge is 0.497 e. The van der Waals surface area contributed by atoms with E-state index in [0.29, 0.717) is 42.1 Å². The van der Waals surface area contributed by atoms with E-state index in [4.69, 9.17) is 9.47 Å². The van der Waals surface area contributed by atoms with Gasteiger partial charge in [-0.1, -0.05) is 6.07 Å². The number of amides is 2. The number of nitrogens with one attached hydrogen (secondary N) is 1. The highest BCUT2D eigenvalue weighted by Crippen LogP contribution is 2.22. The number of hydrogen-bond acceptors (Lipinski definition) is 5. The molecule has 3 rings (SSSR count). The average molecular weight is 398 g/mol. The molecule has 0 aromatic heterocycles. The molecule has 0 bridgehead atoms. The third-order valence-electron chi connectivity index (χ3n) is 4.62. The summed E-state index contributed by atoms with van der Waals surface area (Å²) in [4.78, 5) is 37.2. The molecule has 1 saturated heterocycles. The van der Waals surface area contributed by atoms with Gasteiger partial charge in [0.25, 0.3) is 11.8 Å². The van der Waals surface area contributed by atoms with Gasteiger partial charge in [0.1, 0.15) is 17.5 Å². The Hall–Kier alpha value is -3.55. The zero-order valence-electron chi connectivity index (χ0n) is 16.0. The summed E-state index contributed by atoms with van der Waals surface area (Å²) in [5.74, 6) is -0.583. The molecule has 0 aliphatic carbocycles. The topological polar surface area (TPSA) is 105 Å². The van der Waals surface area contributed by atoms with Crippen molar-refractivity contribution >= 4 is 23.5 Å². The number of carboxylic acid groups (broad SMARTS) is 1. The van der Waals surface area contributed by atoms with Gasteiger partial charge in [-0.25, -0.2) is 4.79 Å². The van der Waals surface area contributed by atoms with Crippen LogP contribution in [0.1, 0.15) is 23.2 Å². The lowest BCUT2D eigenvalue weighted by Gasteiger charge is -2.21. The highest BCUT2D eigenvalue weighted by atomic mass is 16.5. The van der Waals surface area contributed by atoms with Crippen molar-refractivity contribution in [1.82, 2.24) is 4.90 Å². The van der Waals surface area contributed by atoms with Gasteiger partial charge in [-0.3, -0.25) is 9.59 Å². The first-order chi connectivity index (χ1) is 14.0. The maximum absolute atomic E-state index is 12.5. The molecule has 0 radical (unpaired) electrons. The lowest BCUT2D eigenvalue weighted by atomic mass is 10.1. The molecule has 0 saturated carbocycles. The quantitative estimate of drug-likeness (QED) is 0.742. The van der Waals surface area contributed by atoms with Gasteiger partial charge >= 0.3 is 5.97 Å². The summed E-state index contributed by atoms with van der Waals surface area (Å²) in [5.41, 5.74) is 0.976. The number of methoxy groups -OCH3 is 1. The smallest absolute Gasteiger partial charge is 0.326 e. The zero-order chi connectivity index (χ0) is 20.8. The Kier molecular flexibility index (Phi) is 6.33. The van der Waals surface area contributed by atoms with Crippen LogP contribution in [-0.2, 0) is 9.59 Å². The van der Waals surface area contributed by atoms with Crippen LogP contribution < -0.4 is 14.8 Å². The van der Waals surface area contributed by atoms with E-state index >= 15 is 0 Å². The first kappa shape index (κ1) is 20.2. The van der Waals surface area contributed by atoms with Crippen molar-refractivity contribution in [2.45, 2.75) is 18.9 Å². The van der Waals surface area contributed by atoms with Gasteiger partial charge in [0, 0.05) is 23.9 Å². The number of benzene rings is 2. The second-order valence-corrected chi connectivity index (χ2v) is 6.59. The van der Waals surface area contributed by atoms with Gasteiger partial charge < -0.3 is 24.8 Å². The summed E-state index contributed by atoms with van der Waals surface area (Å²) in [6, 6.07) is 12.5. The fraction of sp³-hybridized carbons (Fsp3) is 0.286. The van der Waals surface area contributed by atoms with E-state index in [0.717, 1.165) is 0 Å². The Balaban J connectivity index is 1.54. The van der Waals surface area contributed by atoms with Crippen molar-refractivity contribution in [3.05, 3.63) is 54.1 Å². The van der Waals surface area contributed by atoms with E-state index in [1.54, 1.807) is 55.6 Å². The number of carboxylic acids is 1. The van der Waals surface area contributed by atoms with E-state index in [-0.39, 0.29) is 18.4 Å². The SMILES string of the molecule is COc1cccc(NC(=O)COc2ccc(C(=O)N3CCC[C@H]3C(=O)O)cc2)c1. The number of rotatable bonds is 7. The number of anilines is 1. The number of carbonyl (C=O) groups is 3. The molecule has 2 aromatic carbocycles. The van der Waals surface area contributed by atoms with Crippen LogP contribution >= 0.6 is 0 Å². The minimum Gasteiger partial charge on any atom is -0.497 e. The van der Waals surface area contributed by atoms with Gasteiger partial charge in [0.2, 0.25) is 0 Å². The Labute approximate surface area is 168 Å². The first-order valence-electron chi connectivity index (χ1n) is 9.18. The van der Waals surface area contributed by atoms with E-state index in [2.05, 4.69) is 5.32 Å². The summed E-state index contributed by atoms with van der Waals surface area (Å²) < 4.78 is 10.6. The molecule has 2 amide bonds. The average Bonchev–Trinajstić information content (AvgIpc) is 3.22. The van der Waals surface area contributed by atoms with Crippen molar-refractivity contribution in [3.8, 4) is 11.5 Å². The van der Waals surface area contributed by atoms with E-state index in [9.17, 15) is 19.5 Å². The van der Waals surface area contributed by atoms with Crippen LogP contribution in [0.5, 0.6) is 11.5 Å². The zero-order valence-corrected chi connectivity index (χ0v) is 16.0. The van der Waals surface area contributed by atoms with Crippen LogP contribution in [0.4, 0.5) is 5.69 Å². The molecule has 1 fully saturated rings. The van der Waals surface area contributed by atoms with Crippen LogP contribution in [-0.4, -0.2) is 54.1 Å². The predicted molar refractivity (Wildman–Crippen MR) is 105 cm³/mol. The molecule has 2 N–H and O–H groups in total. The second-order valence-electron chi connectivity index (χ2n) is 6.59.